The van der Waals surface area contributed by atoms with Crippen LogP contribution in [0.15, 0.2) is 0 Å². The van der Waals surface area contributed by atoms with Crippen LogP contribution in [0, 0.1) is 0 Å². The molecule has 2 heterocycles. The number of carbonyl (C=O) groups is 1. The zero-order valence-electron chi connectivity index (χ0n) is 9.01. The largest absolute Gasteiger partial charge is 0.335 e. The summed E-state index contributed by atoms with van der Waals surface area (Å²) in [5.74, 6) is 0. The second kappa shape index (κ2) is 5.32. The average Bonchev–Trinajstić information content (AvgIpc) is 2.71. The van der Waals surface area contributed by atoms with Gasteiger partial charge in [-0.05, 0) is 38.9 Å². The van der Waals surface area contributed by atoms with E-state index in [2.05, 4.69) is 21.3 Å². The van der Waals surface area contributed by atoms with Crippen molar-refractivity contribution in [3.63, 3.8) is 0 Å². The minimum Gasteiger partial charge on any atom is -0.335 e. The molecule has 1 atom stereocenters. The number of carbonyl (C=O) groups excluding carboxylic acids is 1. The molecule has 4 N–H and O–H groups in total. The lowest BCUT2D eigenvalue weighted by Crippen LogP contribution is -2.49. The van der Waals surface area contributed by atoms with Gasteiger partial charge in [-0.15, -0.1) is 0 Å². The predicted molar refractivity (Wildman–Crippen MR) is 58.8 cm³/mol. The van der Waals surface area contributed by atoms with Crippen LogP contribution >= 0.6 is 0 Å². The number of nitrogens with one attached hydrogen (secondary N) is 4. The number of rotatable bonds is 2. The number of piperidine rings is 1. The van der Waals surface area contributed by atoms with Gasteiger partial charge in [-0.1, -0.05) is 0 Å². The van der Waals surface area contributed by atoms with Crippen molar-refractivity contribution in [2.45, 2.75) is 31.3 Å². The first kappa shape index (κ1) is 10.7. The lowest BCUT2D eigenvalue weighted by molar-refractivity contribution is 0.230. The molecule has 86 valence electrons. The first-order valence-corrected chi connectivity index (χ1v) is 5.83. The Kier molecular flexibility index (Phi) is 3.80. The van der Waals surface area contributed by atoms with Gasteiger partial charge in [0, 0.05) is 18.6 Å². The van der Waals surface area contributed by atoms with E-state index in [1.54, 1.807) is 0 Å². The standard InChI is InChI=1S/C10H20N4O/c15-10(14-9-3-6-12-7-9)13-8-1-4-11-5-2-8/h8-9,11-12H,1-7H2,(H2,13,14,15). The van der Waals surface area contributed by atoms with E-state index >= 15 is 0 Å². The van der Waals surface area contributed by atoms with Gasteiger partial charge in [0.05, 0.1) is 0 Å². The minimum absolute atomic E-state index is 0.00407. The first-order valence-electron chi connectivity index (χ1n) is 5.83. The second-order valence-corrected chi connectivity index (χ2v) is 4.33. The van der Waals surface area contributed by atoms with E-state index in [0.29, 0.717) is 12.1 Å². The highest BCUT2D eigenvalue weighted by Gasteiger charge is 2.19. The molecule has 2 rings (SSSR count). The summed E-state index contributed by atoms with van der Waals surface area (Å²) < 4.78 is 0. The average molecular weight is 212 g/mol. The molecule has 1 unspecified atom stereocenters. The van der Waals surface area contributed by atoms with Crippen LogP contribution in [0.25, 0.3) is 0 Å². The molecule has 0 bridgehead atoms. The van der Waals surface area contributed by atoms with Crippen LogP contribution in [0.4, 0.5) is 4.79 Å². The van der Waals surface area contributed by atoms with Crippen molar-refractivity contribution in [1.82, 2.24) is 21.3 Å². The highest BCUT2D eigenvalue weighted by atomic mass is 16.2. The zero-order chi connectivity index (χ0) is 10.5. The quantitative estimate of drug-likeness (QED) is 0.494. The van der Waals surface area contributed by atoms with Gasteiger partial charge in [0.25, 0.3) is 0 Å². The lowest BCUT2D eigenvalue weighted by atomic mass is 10.1. The number of amides is 2. The molecular formula is C10H20N4O. The maximum Gasteiger partial charge on any atom is 0.315 e. The number of hydrogen-bond donors (Lipinski definition) is 4. The Morgan fingerprint density at radius 1 is 0.933 bits per heavy atom. The van der Waals surface area contributed by atoms with Crippen LogP contribution < -0.4 is 21.3 Å². The van der Waals surface area contributed by atoms with E-state index in [1.165, 1.54) is 0 Å². The van der Waals surface area contributed by atoms with Gasteiger partial charge in [-0.2, -0.15) is 0 Å². The summed E-state index contributed by atoms with van der Waals surface area (Å²) in [4.78, 5) is 11.6. The highest BCUT2D eigenvalue weighted by molar-refractivity contribution is 5.74. The molecule has 2 aliphatic heterocycles. The third-order valence-corrected chi connectivity index (χ3v) is 3.07. The van der Waals surface area contributed by atoms with Gasteiger partial charge in [0.1, 0.15) is 0 Å². The van der Waals surface area contributed by atoms with Gasteiger partial charge in [-0.25, -0.2) is 4.79 Å². The Balaban J connectivity index is 1.66. The Morgan fingerprint density at radius 2 is 1.53 bits per heavy atom. The maximum absolute atomic E-state index is 11.6. The molecule has 0 radical (unpaired) electrons. The van der Waals surface area contributed by atoms with E-state index < -0.39 is 0 Å². The van der Waals surface area contributed by atoms with Crippen LogP contribution in [0.3, 0.4) is 0 Å². The minimum atomic E-state index is -0.00407. The van der Waals surface area contributed by atoms with E-state index in [0.717, 1.165) is 45.4 Å². The summed E-state index contributed by atoms with van der Waals surface area (Å²) in [6.45, 7) is 3.93. The maximum atomic E-state index is 11.6. The second-order valence-electron chi connectivity index (χ2n) is 4.33. The molecule has 0 aliphatic carbocycles. The summed E-state index contributed by atoms with van der Waals surface area (Å²) in [5, 5.41) is 12.5. The molecule has 2 fully saturated rings. The number of hydrogen-bond acceptors (Lipinski definition) is 3. The van der Waals surface area contributed by atoms with Gasteiger partial charge in [0.2, 0.25) is 0 Å². The Hall–Kier alpha value is -0.810. The van der Waals surface area contributed by atoms with E-state index in [-0.39, 0.29) is 6.03 Å². The molecule has 2 amide bonds. The van der Waals surface area contributed by atoms with E-state index in [4.69, 9.17) is 0 Å². The van der Waals surface area contributed by atoms with Crippen LogP contribution in [0.1, 0.15) is 19.3 Å². The molecule has 2 aliphatic rings. The molecule has 0 spiro atoms. The fourth-order valence-electron chi connectivity index (χ4n) is 2.16. The molecule has 15 heavy (non-hydrogen) atoms. The van der Waals surface area contributed by atoms with E-state index in [9.17, 15) is 4.79 Å². The molecule has 0 aromatic heterocycles. The summed E-state index contributed by atoms with van der Waals surface area (Å²) in [5.41, 5.74) is 0. The summed E-state index contributed by atoms with van der Waals surface area (Å²) in [6, 6.07) is 0.655. The molecule has 2 saturated heterocycles. The van der Waals surface area contributed by atoms with Gasteiger partial charge in [0.15, 0.2) is 0 Å². The monoisotopic (exact) mass is 212 g/mol. The van der Waals surface area contributed by atoms with Crippen molar-refractivity contribution in [1.29, 1.82) is 0 Å². The van der Waals surface area contributed by atoms with Crippen molar-refractivity contribution in [3.05, 3.63) is 0 Å². The van der Waals surface area contributed by atoms with Crippen LogP contribution in [0.5, 0.6) is 0 Å². The van der Waals surface area contributed by atoms with Crippen molar-refractivity contribution >= 4 is 6.03 Å². The summed E-state index contributed by atoms with van der Waals surface area (Å²) in [7, 11) is 0. The molecule has 5 nitrogen and oxygen atoms in total. The molecule has 0 aromatic carbocycles. The van der Waals surface area contributed by atoms with Gasteiger partial charge in [-0.3, -0.25) is 0 Å². The normalized spacial score (nSPS) is 27.6. The SMILES string of the molecule is O=C(NC1CCNCC1)NC1CCNC1. The third-order valence-electron chi connectivity index (χ3n) is 3.07. The predicted octanol–water partition coefficient (Wildman–Crippen LogP) is -0.600. The zero-order valence-corrected chi connectivity index (χ0v) is 9.01. The van der Waals surface area contributed by atoms with Crippen molar-refractivity contribution < 1.29 is 4.79 Å². The van der Waals surface area contributed by atoms with Crippen molar-refractivity contribution in [3.8, 4) is 0 Å². The topological polar surface area (TPSA) is 65.2 Å². The Labute approximate surface area is 90.4 Å². The van der Waals surface area contributed by atoms with Crippen molar-refractivity contribution in [2.75, 3.05) is 26.2 Å². The Morgan fingerprint density at radius 3 is 2.20 bits per heavy atom. The van der Waals surface area contributed by atoms with Gasteiger partial charge >= 0.3 is 6.03 Å². The van der Waals surface area contributed by atoms with Gasteiger partial charge < -0.3 is 21.3 Å². The molecule has 0 aromatic rings. The molecule has 0 saturated carbocycles. The Bertz CT molecular complexity index is 209. The van der Waals surface area contributed by atoms with E-state index in [1.807, 2.05) is 0 Å². The third kappa shape index (κ3) is 3.35. The smallest absolute Gasteiger partial charge is 0.315 e. The van der Waals surface area contributed by atoms with Crippen LogP contribution in [-0.2, 0) is 0 Å². The summed E-state index contributed by atoms with van der Waals surface area (Å²) >= 11 is 0. The number of urea groups is 1. The fraction of sp³-hybridized carbons (Fsp3) is 0.900. The molecular weight excluding hydrogens is 192 g/mol. The fourth-order valence-corrected chi connectivity index (χ4v) is 2.16. The van der Waals surface area contributed by atoms with Crippen LogP contribution in [0.2, 0.25) is 0 Å². The first-order chi connectivity index (χ1) is 7.34. The molecule has 5 heteroatoms. The highest BCUT2D eigenvalue weighted by Crippen LogP contribution is 2.02. The van der Waals surface area contributed by atoms with Crippen molar-refractivity contribution in [2.24, 2.45) is 0 Å². The van der Waals surface area contributed by atoms with Crippen LogP contribution in [-0.4, -0.2) is 44.3 Å². The lowest BCUT2D eigenvalue weighted by Gasteiger charge is -2.24. The summed E-state index contributed by atoms with van der Waals surface area (Å²) in [6.07, 6.45) is 3.12.